The number of rotatable bonds is 1. The number of amides is 1. The lowest BCUT2D eigenvalue weighted by Gasteiger charge is -2.14. The van der Waals surface area contributed by atoms with Crippen LogP contribution in [0.4, 0.5) is 5.69 Å². The monoisotopic (exact) mass is 194 g/mol. The van der Waals surface area contributed by atoms with Crippen molar-refractivity contribution in [3.05, 3.63) is 35.7 Å². The number of benzene rings is 1. The first-order valence-corrected chi connectivity index (χ1v) is 4.53. The summed E-state index contributed by atoms with van der Waals surface area (Å²) in [6, 6.07) is 7.31. The van der Waals surface area contributed by atoms with Crippen LogP contribution in [0, 0.1) is 6.42 Å². The summed E-state index contributed by atoms with van der Waals surface area (Å²) in [5.41, 5.74) is 0.920. The van der Waals surface area contributed by atoms with Crippen molar-refractivity contribution >= 4 is 23.2 Å². The fourth-order valence-corrected chi connectivity index (χ4v) is 1.53. The average molecular weight is 195 g/mol. The molecule has 1 aliphatic heterocycles. The summed E-state index contributed by atoms with van der Waals surface area (Å²) in [5, 5.41) is 0.694. The molecule has 2 nitrogen and oxygen atoms in total. The van der Waals surface area contributed by atoms with Crippen molar-refractivity contribution in [1.29, 1.82) is 0 Å². The Bertz CT molecular complexity index is 320. The van der Waals surface area contributed by atoms with Gasteiger partial charge in [0, 0.05) is 23.7 Å². The topological polar surface area (TPSA) is 20.3 Å². The third-order valence-corrected chi connectivity index (χ3v) is 2.32. The van der Waals surface area contributed by atoms with Gasteiger partial charge in [0.2, 0.25) is 5.91 Å². The highest BCUT2D eigenvalue weighted by molar-refractivity contribution is 6.30. The van der Waals surface area contributed by atoms with Crippen LogP contribution < -0.4 is 4.90 Å². The van der Waals surface area contributed by atoms with Crippen LogP contribution in [0.15, 0.2) is 24.3 Å². The molecule has 3 heteroatoms. The summed E-state index contributed by atoms with van der Waals surface area (Å²) < 4.78 is 0. The van der Waals surface area contributed by atoms with Crippen molar-refractivity contribution in [2.75, 3.05) is 11.4 Å². The molecule has 1 radical (unpaired) electrons. The summed E-state index contributed by atoms with van der Waals surface area (Å²) in [6.07, 6.45) is 2.51. The lowest BCUT2D eigenvalue weighted by molar-refractivity contribution is -0.116. The van der Waals surface area contributed by atoms with Crippen LogP contribution in [0.5, 0.6) is 0 Å². The standard InChI is InChI=1S/C10H9ClNO/c11-8-3-5-9(6-4-8)12-7-1-2-10(12)13/h1,3-6H,2,7H2. The van der Waals surface area contributed by atoms with Crippen molar-refractivity contribution in [1.82, 2.24) is 0 Å². The number of carbonyl (C=O) groups excluding carboxylic acids is 1. The van der Waals surface area contributed by atoms with Gasteiger partial charge in [-0.3, -0.25) is 4.79 Å². The molecule has 1 amide bonds. The van der Waals surface area contributed by atoms with Crippen LogP contribution in [-0.4, -0.2) is 12.5 Å². The first-order chi connectivity index (χ1) is 6.27. The van der Waals surface area contributed by atoms with Crippen LogP contribution in [0.25, 0.3) is 0 Å². The molecule has 1 aromatic carbocycles. The molecule has 0 aromatic heterocycles. The van der Waals surface area contributed by atoms with E-state index in [0.29, 0.717) is 18.0 Å². The predicted octanol–water partition coefficient (Wildman–Crippen LogP) is 2.28. The smallest absolute Gasteiger partial charge is 0.227 e. The number of carbonyl (C=O) groups is 1. The lowest BCUT2D eigenvalue weighted by atomic mass is 10.3. The van der Waals surface area contributed by atoms with Crippen molar-refractivity contribution in [2.45, 2.75) is 6.42 Å². The summed E-state index contributed by atoms with van der Waals surface area (Å²) in [4.78, 5) is 13.1. The van der Waals surface area contributed by atoms with E-state index in [0.717, 1.165) is 5.69 Å². The van der Waals surface area contributed by atoms with Crippen LogP contribution in [0.3, 0.4) is 0 Å². The molecule has 0 aliphatic carbocycles. The van der Waals surface area contributed by atoms with E-state index in [1.807, 2.05) is 18.6 Å². The second-order valence-corrected chi connectivity index (χ2v) is 3.41. The summed E-state index contributed by atoms with van der Waals surface area (Å²) in [5.74, 6) is 0.155. The largest absolute Gasteiger partial charge is 0.312 e. The first kappa shape index (κ1) is 8.57. The molecule has 2 rings (SSSR count). The summed E-state index contributed by atoms with van der Waals surface area (Å²) in [6.45, 7) is 0.709. The minimum Gasteiger partial charge on any atom is -0.312 e. The zero-order valence-electron chi connectivity index (χ0n) is 7.03. The van der Waals surface area contributed by atoms with E-state index in [2.05, 4.69) is 0 Å². The number of nitrogens with zero attached hydrogens (tertiary/aromatic N) is 1. The Kier molecular flexibility index (Phi) is 2.23. The molecule has 1 heterocycles. The Balaban J connectivity index is 2.25. The van der Waals surface area contributed by atoms with Gasteiger partial charge in [-0.25, -0.2) is 0 Å². The van der Waals surface area contributed by atoms with Crippen molar-refractivity contribution in [2.24, 2.45) is 0 Å². The van der Waals surface area contributed by atoms with Gasteiger partial charge in [0.1, 0.15) is 0 Å². The molecular weight excluding hydrogens is 186 g/mol. The number of hydrogen-bond donors (Lipinski definition) is 0. The molecule has 0 saturated carbocycles. The number of halogens is 1. The van der Waals surface area contributed by atoms with E-state index in [-0.39, 0.29) is 5.91 Å². The minimum absolute atomic E-state index is 0.155. The molecule has 0 spiro atoms. The normalized spacial score (nSPS) is 16.7. The summed E-state index contributed by atoms with van der Waals surface area (Å²) in [7, 11) is 0. The molecule has 0 atom stereocenters. The van der Waals surface area contributed by atoms with E-state index in [9.17, 15) is 4.79 Å². The molecule has 67 valence electrons. The highest BCUT2D eigenvalue weighted by atomic mass is 35.5. The Hall–Kier alpha value is -1.02. The quantitative estimate of drug-likeness (QED) is 0.672. The van der Waals surface area contributed by atoms with Gasteiger partial charge in [-0.15, -0.1) is 0 Å². The molecule has 0 bridgehead atoms. The molecular formula is C10H9ClNO. The maximum Gasteiger partial charge on any atom is 0.227 e. The molecule has 0 unspecified atom stereocenters. The second kappa shape index (κ2) is 3.38. The van der Waals surface area contributed by atoms with Gasteiger partial charge in [-0.05, 0) is 30.7 Å². The van der Waals surface area contributed by atoms with Crippen molar-refractivity contribution < 1.29 is 4.79 Å². The van der Waals surface area contributed by atoms with E-state index in [4.69, 9.17) is 11.6 Å². The molecule has 1 saturated heterocycles. The van der Waals surface area contributed by atoms with Crippen LogP contribution in [-0.2, 0) is 4.79 Å². The van der Waals surface area contributed by atoms with Crippen molar-refractivity contribution in [3.63, 3.8) is 0 Å². The molecule has 1 aromatic rings. The zero-order valence-corrected chi connectivity index (χ0v) is 7.79. The van der Waals surface area contributed by atoms with Gasteiger partial charge in [-0.2, -0.15) is 0 Å². The van der Waals surface area contributed by atoms with Crippen LogP contribution in [0.2, 0.25) is 5.02 Å². The summed E-state index contributed by atoms with van der Waals surface area (Å²) >= 11 is 5.74. The SMILES string of the molecule is O=C1C[CH]CN1c1ccc(Cl)cc1. The second-order valence-electron chi connectivity index (χ2n) is 2.97. The molecule has 0 N–H and O–H groups in total. The highest BCUT2D eigenvalue weighted by Gasteiger charge is 2.21. The van der Waals surface area contributed by atoms with Gasteiger partial charge >= 0.3 is 0 Å². The maximum atomic E-state index is 11.3. The first-order valence-electron chi connectivity index (χ1n) is 4.15. The average Bonchev–Trinajstić information content (AvgIpc) is 2.53. The Morgan fingerprint density at radius 3 is 2.46 bits per heavy atom. The molecule has 13 heavy (non-hydrogen) atoms. The van der Waals surface area contributed by atoms with Gasteiger partial charge in [0.15, 0.2) is 0 Å². The van der Waals surface area contributed by atoms with E-state index < -0.39 is 0 Å². The van der Waals surface area contributed by atoms with E-state index >= 15 is 0 Å². The van der Waals surface area contributed by atoms with E-state index in [1.165, 1.54) is 0 Å². The highest BCUT2D eigenvalue weighted by Crippen LogP contribution is 2.22. The Morgan fingerprint density at radius 2 is 1.92 bits per heavy atom. The fourth-order valence-electron chi connectivity index (χ4n) is 1.40. The van der Waals surface area contributed by atoms with E-state index in [1.54, 1.807) is 17.0 Å². The van der Waals surface area contributed by atoms with Crippen LogP contribution in [0.1, 0.15) is 6.42 Å². The maximum absolute atomic E-state index is 11.3. The zero-order chi connectivity index (χ0) is 9.26. The predicted molar refractivity (Wildman–Crippen MR) is 52.7 cm³/mol. The van der Waals surface area contributed by atoms with Crippen LogP contribution >= 0.6 is 11.6 Å². The number of hydrogen-bond acceptors (Lipinski definition) is 1. The molecule has 1 fully saturated rings. The Labute approximate surface area is 82.1 Å². The van der Waals surface area contributed by atoms with Gasteiger partial charge in [-0.1, -0.05) is 11.6 Å². The van der Waals surface area contributed by atoms with Crippen molar-refractivity contribution in [3.8, 4) is 0 Å². The third-order valence-electron chi connectivity index (χ3n) is 2.07. The minimum atomic E-state index is 0.155. The molecule has 1 aliphatic rings. The Morgan fingerprint density at radius 1 is 1.23 bits per heavy atom. The van der Waals surface area contributed by atoms with Gasteiger partial charge in [0.05, 0.1) is 0 Å². The fraction of sp³-hybridized carbons (Fsp3) is 0.200. The van der Waals surface area contributed by atoms with Gasteiger partial charge in [0.25, 0.3) is 0 Å². The third kappa shape index (κ3) is 1.68. The lowest BCUT2D eigenvalue weighted by Crippen LogP contribution is -2.23. The van der Waals surface area contributed by atoms with Gasteiger partial charge < -0.3 is 4.90 Å². The number of anilines is 1.